The molecule has 10 heteroatoms. The van der Waals surface area contributed by atoms with E-state index < -0.39 is 15.8 Å². The maximum Gasteiger partial charge on any atom is 0.276 e. The van der Waals surface area contributed by atoms with Crippen LogP contribution in [0.25, 0.3) is 11.5 Å². The summed E-state index contributed by atoms with van der Waals surface area (Å²) in [6, 6.07) is 5.91. The van der Waals surface area contributed by atoms with E-state index in [1.807, 2.05) is 25.7 Å². The predicted octanol–water partition coefficient (Wildman–Crippen LogP) is 2.72. The molecule has 0 aliphatic carbocycles. The van der Waals surface area contributed by atoms with Crippen LogP contribution in [0.5, 0.6) is 0 Å². The molecule has 4 rings (SSSR count). The summed E-state index contributed by atoms with van der Waals surface area (Å²) in [6.45, 7) is 6.71. The molecular weight excluding hydrogens is 397 g/mol. The number of rotatable bonds is 4. The molecule has 0 radical (unpaired) electrons. The highest BCUT2D eigenvalue weighted by molar-refractivity contribution is 7.89. The van der Waals surface area contributed by atoms with Gasteiger partial charge in [0.1, 0.15) is 17.3 Å². The summed E-state index contributed by atoms with van der Waals surface area (Å²) < 4.78 is 46.3. The third-order valence-electron chi connectivity index (χ3n) is 5.26. The molecule has 1 fully saturated rings. The van der Waals surface area contributed by atoms with Crippen molar-refractivity contribution < 1.29 is 17.2 Å². The van der Waals surface area contributed by atoms with E-state index in [-0.39, 0.29) is 24.2 Å². The van der Waals surface area contributed by atoms with Gasteiger partial charge in [-0.25, -0.2) is 17.8 Å². The molecule has 1 N–H and O–H groups in total. The Morgan fingerprint density at radius 1 is 1.21 bits per heavy atom. The zero-order valence-corrected chi connectivity index (χ0v) is 17.2. The standard InChI is InChI=1S/C19H22FN5O3S/c1-12-11-24(8-9-25(12)17-6-4-15(20)10-21-17)29(26,27)18-7-5-16(28-18)19-13(2)14(3)22-23-19/h4-7,10,12H,8-9,11H2,1-3H3,(H,22,23). The predicted molar refractivity (Wildman–Crippen MR) is 106 cm³/mol. The van der Waals surface area contributed by atoms with Crippen LogP contribution in [-0.4, -0.2) is 53.6 Å². The topological polar surface area (TPSA) is 95.3 Å². The van der Waals surface area contributed by atoms with Crippen LogP contribution < -0.4 is 4.90 Å². The first kappa shape index (κ1) is 19.6. The zero-order chi connectivity index (χ0) is 20.8. The smallest absolute Gasteiger partial charge is 0.276 e. The Labute approximate surface area is 168 Å². The van der Waals surface area contributed by atoms with E-state index in [9.17, 15) is 12.8 Å². The van der Waals surface area contributed by atoms with Crippen LogP contribution in [0.15, 0.2) is 40.0 Å². The van der Waals surface area contributed by atoms with Gasteiger partial charge in [0.25, 0.3) is 10.0 Å². The fourth-order valence-corrected chi connectivity index (χ4v) is 4.88. The largest absolute Gasteiger partial charge is 0.442 e. The quantitative estimate of drug-likeness (QED) is 0.699. The molecule has 0 saturated carbocycles. The number of hydrogen-bond donors (Lipinski definition) is 1. The Balaban J connectivity index is 1.53. The van der Waals surface area contributed by atoms with Gasteiger partial charge in [-0.3, -0.25) is 5.10 Å². The maximum absolute atomic E-state index is 13.1. The van der Waals surface area contributed by atoms with Crippen LogP contribution in [0.4, 0.5) is 10.2 Å². The van der Waals surface area contributed by atoms with Crippen molar-refractivity contribution in [3.05, 3.63) is 47.5 Å². The number of aromatic amines is 1. The summed E-state index contributed by atoms with van der Waals surface area (Å²) in [5.41, 5.74) is 2.42. The molecule has 1 atom stereocenters. The van der Waals surface area contributed by atoms with Gasteiger partial charge in [0.15, 0.2) is 5.76 Å². The van der Waals surface area contributed by atoms with Crippen LogP contribution in [0.1, 0.15) is 18.2 Å². The van der Waals surface area contributed by atoms with Crippen molar-refractivity contribution in [2.24, 2.45) is 0 Å². The number of aromatic nitrogens is 3. The van der Waals surface area contributed by atoms with Gasteiger partial charge >= 0.3 is 0 Å². The van der Waals surface area contributed by atoms with Gasteiger partial charge in [-0.05, 0) is 45.0 Å². The molecule has 4 heterocycles. The van der Waals surface area contributed by atoms with Crippen molar-refractivity contribution in [2.75, 3.05) is 24.5 Å². The molecule has 0 spiro atoms. The van der Waals surface area contributed by atoms with Gasteiger partial charge in [-0.15, -0.1) is 0 Å². The molecular formula is C19H22FN5O3S. The number of hydrogen-bond acceptors (Lipinski definition) is 6. The van der Waals surface area contributed by atoms with Crippen molar-refractivity contribution in [3.63, 3.8) is 0 Å². The first-order valence-electron chi connectivity index (χ1n) is 9.27. The normalized spacial score (nSPS) is 18.3. The van der Waals surface area contributed by atoms with E-state index >= 15 is 0 Å². The highest BCUT2D eigenvalue weighted by Gasteiger charge is 2.35. The van der Waals surface area contributed by atoms with Crippen LogP contribution in [0.2, 0.25) is 0 Å². The third kappa shape index (κ3) is 3.53. The van der Waals surface area contributed by atoms with Gasteiger partial charge in [0.2, 0.25) is 5.09 Å². The summed E-state index contributed by atoms with van der Waals surface area (Å²) in [6.07, 6.45) is 1.16. The minimum Gasteiger partial charge on any atom is -0.442 e. The molecule has 1 unspecified atom stereocenters. The number of furan rings is 1. The minimum atomic E-state index is -3.78. The third-order valence-corrected chi connectivity index (χ3v) is 7.00. The number of sulfonamides is 1. The second kappa shape index (κ2) is 7.27. The number of halogens is 1. The van der Waals surface area contributed by atoms with Crippen molar-refractivity contribution in [1.29, 1.82) is 0 Å². The van der Waals surface area contributed by atoms with Crippen molar-refractivity contribution in [1.82, 2.24) is 19.5 Å². The Morgan fingerprint density at radius 2 is 2.00 bits per heavy atom. The Bertz CT molecular complexity index is 1120. The number of aryl methyl sites for hydroxylation is 1. The number of pyridine rings is 1. The Hall–Kier alpha value is -2.72. The Morgan fingerprint density at radius 3 is 2.62 bits per heavy atom. The van der Waals surface area contributed by atoms with Gasteiger partial charge in [0.05, 0.1) is 6.20 Å². The molecule has 1 saturated heterocycles. The van der Waals surface area contributed by atoms with Crippen molar-refractivity contribution in [3.8, 4) is 11.5 Å². The first-order valence-corrected chi connectivity index (χ1v) is 10.7. The lowest BCUT2D eigenvalue weighted by molar-refractivity contribution is 0.329. The molecule has 1 aliphatic rings. The highest BCUT2D eigenvalue weighted by atomic mass is 32.2. The summed E-state index contributed by atoms with van der Waals surface area (Å²) in [5, 5.41) is 6.96. The Kier molecular flexibility index (Phi) is 4.91. The lowest BCUT2D eigenvalue weighted by Crippen LogP contribution is -2.53. The van der Waals surface area contributed by atoms with Crippen molar-refractivity contribution >= 4 is 15.8 Å². The molecule has 0 aromatic carbocycles. The van der Waals surface area contributed by atoms with Gasteiger partial charge in [-0.2, -0.15) is 9.40 Å². The second-order valence-corrected chi connectivity index (χ2v) is 9.05. The van der Waals surface area contributed by atoms with Crippen LogP contribution in [0.3, 0.4) is 0 Å². The minimum absolute atomic E-state index is 0.104. The lowest BCUT2D eigenvalue weighted by Gasteiger charge is -2.39. The van der Waals surface area contributed by atoms with E-state index in [0.717, 1.165) is 17.5 Å². The van der Waals surface area contributed by atoms with E-state index in [1.165, 1.54) is 16.4 Å². The summed E-state index contributed by atoms with van der Waals surface area (Å²) in [4.78, 5) is 6.07. The fourth-order valence-electron chi connectivity index (χ4n) is 3.46. The number of H-pyrrole nitrogens is 1. The summed E-state index contributed by atoms with van der Waals surface area (Å²) >= 11 is 0. The molecule has 3 aromatic heterocycles. The average Bonchev–Trinajstić information content (AvgIpc) is 3.30. The zero-order valence-electron chi connectivity index (χ0n) is 16.4. The highest BCUT2D eigenvalue weighted by Crippen LogP contribution is 2.29. The molecule has 3 aromatic rings. The summed E-state index contributed by atoms with van der Waals surface area (Å²) in [5.74, 6) is 0.631. The molecule has 8 nitrogen and oxygen atoms in total. The van der Waals surface area contributed by atoms with Gasteiger partial charge < -0.3 is 9.32 Å². The number of piperazine rings is 1. The van der Waals surface area contributed by atoms with E-state index in [0.29, 0.717) is 23.8 Å². The maximum atomic E-state index is 13.1. The molecule has 0 bridgehead atoms. The second-order valence-electron chi connectivity index (χ2n) is 7.18. The van der Waals surface area contributed by atoms with E-state index in [4.69, 9.17) is 4.42 Å². The van der Waals surface area contributed by atoms with Crippen LogP contribution in [0, 0.1) is 19.7 Å². The van der Waals surface area contributed by atoms with Crippen LogP contribution >= 0.6 is 0 Å². The number of nitrogens with one attached hydrogen (secondary N) is 1. The molecule has 1 aliphatic heterocycles. The molecule has 154 valence electrons. The van der Waals surface area contributed by atoms with Gasteiger partial charge in [0, 0.05) is 36.9 Å². The molecule has 29 heavy (non-hydrogen) atoms. The van der Waals surface area contributed by atoms with Crippen LogP contribution in [-0.2, 0) is 10.0 Å². The lowest BCUT2D eigenvalue weighted by atomic mass is 10.2. The number of nitrogens with zero attached hydrogens (tertiary/aromatic N) is 4. The fraction of sp³-hybridized carbons (Fsp3) is 0.368. The number of anilines is 1. The molecule has 0 amide bonds. The summed E-state index contributed by atoms with van der Waals surface area (Å²) in [7, 11) is -3.78. The van der Waals surface area contributed by atoms with Gasteiger partial charge in [-0.1, -0.05) is 0 Å². The SMILES string of the molecule is Cc1[nH]nc(-c2ccc(S(=O)(=O)N3CCN(c4ccc(F)cn4)C(C)C3)o2)c1C. The van der Waals surface area contributed by atoms with Crippen molar-refractivity contribution in [2.45, 2.75) is 31.9 Å². The first-order chi connectivity index (χ1) is 13.8. The monoisotopic (exact) mass is 419 g/mol. The van der Waals surface area contributed by atoms with E-state index in [2.05, 4.69) is 15.2 Å². The van der Waals surface area contributed by atoms with E-state index in [1.54, 1.807) is 12.1 Å². The average molecular weight is 419 g/mol.